The summed E-state index contributed by atoms with van der Waals surface area (Å²) in [7, 11) is 0. The van der Waals surface area contributed by atoms with E-state index in [0.717, 1.165) is 21.7 Å². The molecular weight excluding hydrogens is 378 g/mol. The lowest BCUT2D eigenvalue weighted by atomic mass is 9.99. The molecule has 0 saturated carbocycles. The number of nitrogens with zero attached hydrogens (tertiary/aromatic N) is 3. The third kappa shape index (κ3) is 6.23. The van der Waals surface area contributed by atoms with Crippen LogP contribution in [0.1, 0.15) is 15.3 Å². The second-order valence-electron chi connectivity index (χ2n) is 6.01. The Hall–Kier alpha value is -2.64. The Morgan fingerprint density at radius 1 is 0.926 bits per heavy atom. The van der Waals surface area contributed by atoms with Crippen LogP contribution in [0.5, 0.6) is 0 Å². The van der Waals surface area contributed by atoms with Crippen molar-refractivity contribution in [2.24, 2.45) is 15.9 Å². The minimum absolute atomic E-state index is 0.113. The zero-order chi connectivity index (χ0) is 18.9. The molecule has 0 bridgehead atoms. The van der Waals surface area contributed by atoms with Crippen LogP contribution >= 0.6 is 22.7 Å². The minimum Gasteiger partial charge on any atom is -0.291 e. The highest BCUT2D eigenvalue weighted by atomic mass is 32.1. The van der Waals surface area contributed by atoms with Crippen molar-refractivity contribution >= 4 is 40.8 Å². The fourth-order valence-electron chi connectivity index (χ4n) is 2.59. The molecule has 0 aliphatic carbocycles. The highest BCUT2D eigenvalue weighted by molar-refractivity contribution is 7.12. The van der Waals surface area contributed by atoms with Crippen LogP contribution in [0.25, 0.3) is 0 Å². The zero-order valence-corrected chi connectivity index (χ0v) is 16.2. The number of benzene rings is 1. The first-order chi connectivity index (χ1) is 13.2. The molecule has 0 saturated heterocycles. The summed E-state index contributed by atoms with van der Waals surface area (Å²) in [5.41, 5.74) is 1.17. The Kier molecular flexibility index (Phi) is 7.01. The predicted molar refractivity (Wildman–Crippen MR) is 114 cm³/mol. The lowest BCUT2D eigenvalue weighted by Crippen LogP contribution is -2.13. The van der Waals surface area contributed by atoms with Crippen molar-refractivity contribution in [3.05, 3.63) is 84.7 Å². The predicted octanol–water partition coefficient (Wildman–Crippen LogP) is 5.11. The third-order valence-electron chi connectivity index (χ3n) is 3.92. The average molecular weight is 398 g/mol. The van der Waals surface area contributed by atoms with Gasteiger partial charge in [0, 0.05) is 53.3 Å². The molecule has 3 rings (SSSR count). The van der Waals surface area contributed by atoms with Crippen LogP contribution < -0.4 is 0 Å². The van der Waals surface area contributed by atoms with Gasteiger partial charge in [0.25, 0.3) is 5.69 Å². The summed E-state index contributed by atoms with van der Waals surface area (Å²) in [6.07, 6.45) is 4.58. The van der Waals surface area contributed by atoms with E-state index in [-0.39, 0.29) is 16.5 Å². The summed E-state index contributed by atoms with van der Waals surface area (Å²) in [4.78, 5) is 21.9. The summed E-state index contributed by atoms with van der Waals surface area (Å²) < 4.78 is 0. The molecule has 0 radical (unpaired) electrons. The Morgan fingerprint density at radius 2 is 1.48 bits per heavy atom. The van der Waals surface area contributed by atoms with Gasteiger partial charge in [-0.1, -0.05) is 24.3 Å². The first-order valence-electron chi connectivity index (χ1n) is 8.50. The van der Waals surface area contributed by atoms with Gasteiger partial charge < -0.3 is 0 Å². The lowest BCUT2D eigenvalue weighted by Gasteiger charge is -2.12. The lowest BCUT2D eigenvalue weighted by molar-refractivity contribution is -0.384. The molecule has 5 nitrogen and oxygen atoms in total. The number of non-ortho nitro benzene ring substituents is 1. The van der Waals surface area contributed by atoms with E-state index in [1.54, 1.807) is 34.8 Å². The molecule has 0 aliphatic rings. The summed E-state index contributed by atoms with van der Waals surface area (Å²) in [5.74, 6) is 0.235. The van der Waals surface area contributed by atoms with Gasteiger partial charge in [0.15, 0.2) is 0 Å². The SMILES string of the molecule is O=[N+]([O-])c1ccc(CC(CN=Cc2cccs2)CN=Cc2cccs2)cc1. The van der Waals surface area contributed by atoms with Crippen molar-refractivity contribution in [1.29, 1.82) is 0 Å². The van der Waals surface area contributed by atoms with Crippen LogP contribution in [-0.4, -0.2) is 30.4 Å². The number of hydrogen-bond acceptors (Lipinski definition) is 6. The second kappa shape index (κ2) is 9.89. The number of nitro benzene ring substituents is 1. The molecule has 0 unspecified atom stereocenters. The van der Waals surface area contributed by atoms with Crippen LogP contribution in [0.3, 0.4) is 0 Å². The Balaban J connectivity index is 1.64. The maximum Gasteiger partial charge on any atom is 0.269 e. The van der Waals surface area contributed by atoms with Crippen LogP contribution in [0, 0.1) is 16.0 Å². The molecule has 0 fully saturated rings. The van der Waals surface area contributed by atoms with Gasteiger partial charge in [-0.15, -0.1) is 22.7 Å². The summed E-state index contributed by atoms with van der Waals surface area (Å²) in [6.45, 7) is 1.33. The van der Waals surface area contributed by atoms with Crippen molar-refractivity contribution in [3.63, 3.8) is 0 Å². The molecule has 0 N–H and O–H groups in total. The van der Waals surface area contributed by atoms with Crippen molar-refractivity contribution in [1.82, 2.24) is 0 Å². The number of nitro groups is 1. The van der Waals surface area contributed by atoms with Gasteiger partial charge in [0.1, 0.15) is 0 Å². The normalized spacial score (nSPS) is 12.7. The van der Waals surface area contributed by atoms with Crippen LogP contribution in [0.2, 0.25) is 0 Å². The van der Waals surface area contributed by atoms with Gasteiger partial charge in [-0.05, 0) is 34.9 Å². The largest absolute Gasteiger partial charge is 0.291 e. The fourth-order valence-corrected chi connectivity index (χ4v) is 3.80. The maximum absolute atomic E-state index is 10.8. The molecule has 0 spiro atoms. The van der Waals surface area contributed by atoms with Crippen LogP contribution in [0.15, 0.2) is 69.3 Å². The quantitative estimate of drug-likeness (QED) is 0.286. The third-order valence-corrected chi connectivity index (χ3v) is 5.54. The smallest absolute Gasteiger partial charge is 0.269 e. The zero-order valence-electron chi connectivity index (χ0n) is 14.6. The number of hydrogen-bond donors (Lipinski definition) is 0. The first-order valence-corrected chi connectivity index (χ1v) is 10.3. The maximum atomic E-state index is 10.8. The molecule has 1 aromatic carbocycles. The molecule has 0 aliphatic heterocycles. The summed E-state index contributed by atoms with van der Waals surface area (Å²) in [6, 6.07) is 14.8. The molecule has 0 amide bonds. The molecule has 2 heterocycles. The number of aliphatic imine (C=N–C) groups is 2. The summed E-state index contributed by atoms with van der Waals surface area (Å²) in [5, 5.41) is 14.9. The van der Waals surface area contributed by atoms with E-state index in [2.05, 4.69) is 9.98 Å². The highest BCUT2D eigenvalue weighted by Crippen LogP contribution is 2.16. The van der Waals surface area contributed by atoms with Gasteiger partial charge in [-0.2, -0.15) is 0 Å². The Morgan fingerprint density at radius 3 is 1.93 bits per heavy atom. The van der Waals surface area contributed by atoms with Crippen molar-refractivity contribution in [3.8, 4) is 0 Å². The Labute approximate surface area is 165 Å². The molecule has 3 aromatic rings. The molecule has 0 atom stereocenters. The van der Waals surface area contributed by atoms with Crippen molar-refractivity contribution in [2.75, 3.05) is 13.1 Å². The number of thiophene rings is 2. The molecule has 138 valence electrons. The van der Waals surface area contributed by atoms with Gasteiger partial charge in [0.05, 0.1) is 4.92 Å². The summed E-state index contributed by atoms with van der Waals surface area (Å²) >= 11 is 3.32. The van der Waals surface area contributed by atoms with Crippen molar-refractivity contribution < 1.29 is 4.92 Å². The first kappa shape index (κ1) is 19.1. The van der Waals surface area contributed by atoms with Crippen molar-refractivity contribution in [2.45, 2.75) is 6.42 Å². The molecular formula is C20H19N3O2S2. The van der Waals surface area contributed by atoms with Crippen LogP contribution in [0.4, 0.5) is 5.69 Å². The van der Waals surface area contributed by atoms with E-state index in [1.165, 1.54) is 0 Å². The van der Waals surface area contributed by atoms with Gasteiger partial charge >= 0.3 is 0 Å². The topological polar surface area (TPSA) is 67.9 Å². The van der Waals surface area contributed by atoms with E-state index in [4.69, 9.17) is 0 Å². The minimum atomic E-state index is -0.377. The Bertz CT molecular complexity index is 840. The van der Waals surface area contributed by atoms with E-state index < -0.39 is 0 Å². The van der Waals surface area contributed by atoms with Gasteiger partial charge in [-0.3, -0.25) is 20.1 Å². The van der Waals surface area contributed by atoms with Gasteiger partial charge in [-0.25, -0.2) is 0 Å². The monoisotopic (exact) mass is 397 g/mol. The average Bonchev–Trinajstić information content (AvgIpc) is 3.36. The van der Waals surface area contributed by atoms with E-state index in [0.29, 0.717) is 13.1 Å². The second-order valence-corrected chi connectivity index (χ2v) is 7.97. The van der Waals surface area contributed by atoms with E-state index in [1.807, 2.05) is 59.6 Å². The van der Waals surface area contributed by atoms with Gasteiger partial charge in [0.2, 0.25) is 0 Å². The van der Waals surface area contributed by atoms with E-state index >= 15 is 0 Å². The highest BCUT2D eigenvalue weighted by Gasteiger charge is 2.10. The number of rotatable bonds is 9. The van der Waals surface area contributed by atoms with Crippen LogP contribution in [-0.2, 0) is 6.42 Å². The fraction of sp³-hybridized carbons (Fsp3) is 0.200. The molecule has 2 aromatic heterocycles. The molecule has 7 heteroatoms. The van der Waals surface area contributed by atoms with E-state index in [9.17, 15) is 10.1 Å². The molecule has 27 heavy (non-hydrogen) atoms. The standard InChI is InChI=1S/C20H19N3O2S2/c24-23(25)18-7-5-16(6-8-18)11-17(12-21-14-19-3-1-9-26-19)13-22-15-20-4-2-10-27-20/h1-10,14-15,17H,11-13H2.